The predicted molar refractivity (Wildman–Crippen MR) is 121 cm³/mol. The maximum atomic E-state index is 13.0. The molecule has 0 saturated carbocycles. The van der Waals surface area contributed by atoms with Crippen LogP contribution < -0.4 is 15.0 Å². The molecule has 2 aliphatic heterocycles. The van der Waals surface area contributed by atoms with Crippen LogP contribution in [-0.2, 0) is 14.2 Å². The van der Waals surface area contributed by atoms with Crippen LogP contribution in [0.2, 0.25) is 0 Å². The fourth-order valence-corrected chi connectivity index (χ4v) is 3.80. The van der Waals surface area contributed by atoms with Crippen molar-refractivity contribution in [3.63, 3.8) is 0 Å². The number of carbonyl (C=O) groups excluding carboxylic acids is 1. The number of carbonyl (C=O) groups is 1. The quantitative estimate of drug-likeness (QED) is 0.395. The van der Waals surface area contributed by atoms with E-state index in [0.29, 0.717) is 44.5 Å². The Hall–Kier alpha value is -2.01. The molecule has 3 rings (SSSR count). The van der Waals surface area contributed by atoms with E-state index < -0.39 is 12.1 Å². The number of nitrogens with one attached hydrogen (secondary N) is 1. The number of rotatable bonds is 14. The summed E-state index contributed by atoms with van der Waals surface area (Å²) in [7, 11) is 1.68. The summed E-state index contributed by atoms with van der Waals surface area (Å²) in [6.45, 7) is 6.22. The zero-order chi connectivity index (χ0) is 23.8. The molecule has 1 aromatic rings. The third-order valence-electron chi connectivity index (χ3n) is 5.89. The molecular formula is C23H36FN3O6. The Labute approximate surface area is 194 Å². The molecule has 1 atom stereocenters. The van der Waals surface area contributed by atoms with Crippen molar-refractivity contribution in [3.8, 4) is 5.88 Å². The van der Waals surface area contributed by atoms with E-state index in [1.807, 2.05) is 6.07 Å². The van der Waals surface area contributed by atoms with Gasteiger partial charge in [-0.1, -0.05) is 13.8 Å². The normalized spacial score (nSPS) is 18.5. The molecule has 0 unspecified atom stereocenters. The van der Waals surface area contributed by atoms with E-state index in [-0.39, 0.29) is 50.2 Å². The number of nitrogens with zero attached hydrogens (tertiary/aromatic N) is 2. The standard InChI is InChI=1S/C23H36FN3O6/c1-16(2)8-17(11-31-7-6-24)25-21(29)19-4-5-20(27-9-18(10-27)30-3)22(26-19)33-15-23(12-28)13-32-14-23/h4-5,16-18,28H,6-15H2,1-3H3,(H,25,29)/t17-/m0/s1. The van der Waals surface area contributed by atoms with E-state index >= 15 is 0 Å². The lowest BCUT2D eigenvalue weighted by atomic mass is 9.88. The summed E-state index contributed by atoms with van der Waals surface area (Å²) in [6, 6.07) is 3.24. The number of halogens is 1. The van der Waals surface area contributed by atoms with Crippen molar-refractivity contribution < 1.29 is 33.2 Å². The van der Waals surface area contributed by atoms with Crippen LogP contribution in [0, 0.1) is 11.3 Å². The lowest BCUT2D eigenvalue weighted by molar-refractivity contribution is -0.153. The zero-order valence-electron chi connectivity index (χ0n) is 19.7. The number of amides is 1. The SMILES string of the molecule is COC1CN(c2ccc(C(=O)N[C@H](COCCF)CC(C)C)nc2OCC2(CO)COC2)C1. The van der Waals surface area contributed by atoms with E-state index in [1.54, 1.807) is 13.2 Å². The van der Waals surface area contributed by atoms with Crippen molar-refractivity contribution in [3.05, 3.63) is 17.8 Å². The largest absolute Gasteiger partial charge is 0.475 e. The van der Waals surface area contributed by atoms with Gasteiger partial charge in [0, 0.05) is 20.2 Å². The van der Waals surface area contributed by atoms with Crippen LogP contribution in [0.15, 0.2) is 12.1 Å². The van der Waals surface area contributed by atoms with Gasteiger partial charge in [0.2, 0.25) is 5.88 Å². The average Bonchev–Trinajstić information content (AvgIpc) is 2.73. The molecule has 0 aromatic carbocycles. The first-order chi connectivity index (χ1) is 15.9. The van der Waals surface area contributed by atoms with E-state index in [2.05, 4.69) is 29.0 Å². The van der Waals surface area contributed by atoms with Gasteiger partial charge in [0.1, 0.15) is 24.7 Å². The third kappa shape index (κ3) is 6.75. The number of hydrogen-bond donors (Lipinski definition) is 2. The Morgan fingerprint density at radius 1 is 1.39 bits per heavy atom. The van der Waals surface area contributed by atoms with Crippen LogP contribution in [0.1, 0.15) is 30.8 Å². The van der Waals surface area contributed by atoms with Crippen LogP contribution in [-0.4, -0.2) is 94.7 Å². The third-order valence-corrected chi connectivity index (χ3v) is 5.89. The van der Waals surface area contributed by atoms with E-state index in [4.69, 9.17) is 18.9 Å². The topological polar surface area (TPSA) is 102 Å². The molecule has 0 radical (unpaired) electrons. The minimum absolute atomic E-state index is 0.00399. The highest BCUT2D eigenvalue weighted by Gasteiger charge is 2.40. The number of anilines is 1. The van der Waals surface area contributed by atoms with Gasteiger partial charge in [0.15, 0.2) is 0 Å². The van der Waals surface area contributed by atoms with Gasteiger partial charge in [0.05, 0.1) is 50.6 Å². The Kier molecular flexibility index (Phi) is 9.25. The van der Waals surface area contributed by atoms with Crippen LogP contribution in [0.4, 0.5) is 10.1 Å². The highest BCUT2D eigenvalue weighted by Crippen LogP contribution is 2.34. The van der Waals surface area contributed by atoms with Crippen LogP contribution >= 0.6 is 0 Å². The van der Waals surface area contributed by atoms with Crippen molar-refractivity contribution in [1.82, 2.24) is 10.3 Å². The summed E-state index contributed by atoms with van der Waals surface area (Å²) >= 11 is 0. The van der Waals surface area contributed by atoms with Crippen molar-refractivity contribution >= 4 is 11.6 Å². The van der Waals surface area contributed by atoms with Crippen LogP contribution in [0.5, 0.6) is 5.88 Å². The number of alkyl halides is 1. The smallest absolute Gasteiger partial charge is 0.270 e. The summed E-state index contributed by atoms with van der Waals surface area (Å²) in [5, 5.41) is 12.7. The fraction of sp³-hybridized carbons (Fsp3) is 0.739. The van der Waals surface area contributed by atoms with Gasteiger partial charge in [-0.2, -0.15) is 0 Å². The van der Waals surface area contributed by atoms with Crippen molar-refractivity contribution in [2.24, 2.45) is 11.3 Å². The molecule has 3 heterocycles. The Morgan fingerprint density at radius 3 is 2.73 bits per heavy atom. The zero-order valence-corrected chi connectivity index (χ0v) is 19.7. The van der Waals surface area contributed by atoms with Gasteiger partial charge in [-0.05, 0) is 24.5 Å². The second kappa shape index (κ2) is 11.9. The number of methoxy groups -OCH3 is 1. The lowest BCUT2D eigenvalue weighted by Gasteiger charge is -2.41. The number of pyridine rings is 1. The minimum atomic E-state index is -0.563. The predicted octanol–water partition coefficient (Wildman–Crippen LogP) is 1.43. The summed E-state index contributed by atoms with van der Waals surface area (Å²) in [6.07, 6.45) is 0.843. The number of ether oxygens (including phenoxy) is 4. The number of hydrogen-bond acceptors (Lipinski definition) is 8. The molecule has 2 aliphatic rings. The minimum Gasteiger partial charge on any atom is -0.475 e. The molecular weight excluding hydrogens is 433 g/mol. The van der Waals surface area contributed by atoms with E-state index in [9.17, 15) is 14.3 Å². The van der Waals surface area contributed by atoms with Crippen LogP contribution in [0.3, 0.4) is 0 Å². The molecule has 33 heavy (non-hydrogen) atoms. The van der Waals surface area contributed by atoms with Gasteiger partial charge in [-0.15, -0.1) is 0 Å². The Balaban J connectivity index is 1.73. The summed E-state index contributed by atoms with van der Waals surface area (Å²) < 4.78 is 34.3. The van der Waals surface area contributed by atoms with Crippen molar-refractivity contribution in [2.45, 2.75) is 32.4 Å². The van der Waals surface area contributed by atoms with Crippen molar-refractivity contribution in [2.75, 3.05) is 71.4 Å². The average molecular weight is 470 g/mol. The van der Waals surface area contributed by atoms with Gasteiger partial charge in [-0.25, -0.2) is 9.37 Å². The van der Waals surface area contributed by atoms with Gasteiger partial charge < -0.3 is 34.3 Å². The summed E-state index contributed by atoms with van der Waals surface area (Å²) in [5.74, 6) is 0.326. The lowest BCUT2D eigenvalue weighted by Crippen LogP contribution is -2.52. The molecule has 1 amide bonds. The summed E-state index contributed by atoms with van der Waals surface area (Å²) in [4.78, 5) is 19.5. The fourth-order valence-electron chi connectivity index (χ4n) is 3.80. The van der Waals surface area contributed by atoms with Crippen molar-refractivity contribution in [1.29, 1.82) is 0 Å². The Bertz CT molecular complexity index is 765. The molecule has 9 nitrogen and oxygen atoms in total. The molecule has 2 fully saturated rings. The highest BCUT2D eigenvalue weighted by atomic mass is 19.1. The monoisotopic (exact) mass is 469 g/mol. The van der Waals surface area contributed by atoms with Gasteiger partial charge >= 0.3 is 0 Å². The first kappa shape index (κ1) is 25.6. The van der Waals surface area contributed by atoms with Gasteiger partial charge in [-0.3, -0.25) is 4.79 Å². The molecule has 1 aromatic heterocycles. The summed E-state index contributed by atoms with van der Waals surface area (Å²) in [5.41, 5.74) is 0.551. The molecule has 2 saturated heterocycles. The molecule has 0 aliphatic carbocycles. The second-order valence-corrected chi connectivity index (χ2v) is 9.29. The van der Waals surface area contributed by atoms with E-state index in [0.717, 1.165) is 5.69 Å². The molecule has 186 valence electrons. The van der Waals surface area contributed by atoms with Gasteiger partial charge in [0.25, 0.3) is 5.91 Å². The van der Waals surface area contributed by atoms with E-state index in [1.165, 1.54) is 0 Å². The first-order valence-corrected chi connectivity index (χ1v) is 11.4. The Morgan fingerprint density at radius 2 is 2.15 bits per heavy atom. The molecule has 10 heteroatoms. The number of aromatic nitrogens is 1. The number of aliphatic hydroxyl groups is 1. The van der Waals surface area contributed by atoms with Crippen LogP contribution in [0.25, 0.3) is 0 Å². The first-order valence-electron chi connectivity index (χ1n) is 11.4. The highest BCUT2D eigenvalue weighted by molar-refractivity contribution is 5.93. The second-order valence-electron chi connectivity index (χ2n) is 9.29. The maximum absolute atomic E-state index is 13.0. The molecule has 0 bridgehead atoms. The molecule has 2 N–H and O–H groups in total. The molecule has 0 spiro atoms. The number of aliphatic hydroxyl groups excluding tert-OH is 1. The maximum Gasteiger partial charge on any atom is 0.270 e.